The largest absolute Gasteiger partial charge is 0.416 e. The van der Waals surface area contributed by atoms with Crippen LogP contribution in [0, 0.1) is 6.92 Å². The summed E-state index contributed by atoms with van der Waals surface area (Å²) in [4.78, 5) is 26.9. The Morgan fingerprint density at radius 1 is 1.08 bits per heavy atom. The molecule has 38 heavy (non-hydrogen) atoms. The minimum atomic E-state index is -4.57. The number of aryl methyl sites for hydroxylation is 1. The lowest BCUT2D eigenvalue weighted by atomic mass is 10.1. The first-order chi connectivity index (χ1) is 18.2. The number of carbonyl (C=O) groups excluding carboxylic acids is 1. The van der Waals surface area contributed by atoms with Gasteiger partial charge in [0.25, 0.3) is 5.91 Å². The maximum absolute atomic E-state index is 13.6. The van der Waals surface area contributed by atoms with Crippen molar-refractivity contribution >= 4 is 28.3 Å². The third-order valence-corrected chi connectivity index (χ3v) is 6.71. The van der Waals surface area contributed by atoms with Crippen LogP contribution in [0.25, 0.3) is 16.7 Å². The Labute approximate surface area is 216 Å². The smallest absolute Gasteiger partial charge is 0.367 e. The molecule has 0 aliphatic carbocycles. The Balaban J connectivity index is 1.26. The van der Waals surface area contributed by atoms with Crippen LogP contribution >= 0.6 is 0 Å². The topological polar surface area (TPSA) is 78.8 Å². The summed E-state index contributed by atoms with van der Waals surface area (Å²) in [6.45, 7) is 3.21. The highest BCUT2D eigenvalue weighted by Crippen LogP contribution is 2.34. The fraction of sp³-hybridized carbons (Fsp3) is 0.179. The molecule has 1 aliphatic heterocycles. The molecule has 6 rings (SSSR count). The van der Waals surface area contributed by atoms with Crippen molar-refractivity contribution in [1.82, 2.24) is 19.5 Å². The SMILES string of the molecule is Cc1cn(-c2cc(NC(=O)c3ccc4c(c3)N(Cc3ccc5[nH]cnc5c3)CC4)cc(C(F)(F)F)c2)cn1. The summed E-state index contributed by atoms with van der Waals surface area (Å²) in [7, 11) is 0. The number of fused-ring (bicyclic) bond motifs is 2. The summed E-state index contributed by atoms with van der Waals surface area (Å²) < 4.78 is 42.4. The van der Waals surface area contributed by atoms with Gasteiger partial charge < -0.3 is 19.8 Å². The number of imidazole rings is 2. The van der Waals surface area contributed by atoms with Crippen LogP contribution < -0.4 is 10.2 Å². The van der Waals surface area contributed by atoms with Crippen LogP contribution in [-0.2, 0) is 19.1 Å². The predicted octanol–water partition coefficient (Wildman–Crippen LogP) is 5.89. The molecule has 3 aromatic carbocycles. The van der Waals surface area contributed by atoms with Gasteiger partial charge in [-0.25, -0.2) is 9.97 Å². The van der Waals surface area contributed by atoms with Gasteiger partial charge in [0.15, 0.2) is 0 Å². The molecule has 0 spiro atoms. The van der Waals surface area contributed by atoms with E-state index in [-0.39, 0.29) is 11.4 Å². The molecule has 0 unspecified atom stereocenters. The van der Waals surface area contributed by atoms with Crippen molar-refractivity contribution in [2.45, 2.75) is 26.1 Å². The van der Waals surface area contributed by atoms with Crippen LogP contribution in [0.3, 0.4) is 0 Å². The van der Waals surface area contributed by atoms with Gasteiger partial charge in [0.2, 0.25) is 0 Å². The highest BCUT2D eigenvalue weighted by molar-refractivity contribution is 6.05. The first-order valence-corrected chi connectivity index (χ1v) is 12.1. The molecule has 0 fully saturated rings. The van der Waals surface area contributed by atoms with Crippen molar-refractivity contribution in [1.29, 1.82) is 0 Å². The van der Waals surface area contributed by atoms with Gasteiger partial charge in [-0.1, -0.05) is 12.1 Å². The monoisotopic (exact) mass is 516 g/mol. The minimum absolute atomic E-state index is 0.0517. The van der Waals surface area contributed by atoms with Crippen LogP contribution in [0.4, 0.5) is 24.5 Å². The second kappa shape index (κ2) is 9.05. The zero-order valence-electron chi connectivity index (χ0n) is 20.4. The van der Waals surface area contributed by atoms with E-state index in [4.69, 9.17) is 0 Å². The number of H-pyrrole nitrogens is 1. The summed E-state index contributed by atoms with van der Waals surface area (Å²) in [6, 6.07) is 15.0. The average Bonchev–Trinajstić information content (AvgIpc) is 3.63. The number of amides is 1. The molecule has 2 N–H and O–H groups in total. The third kappa shape index (κ3) is 4.60. The molecule has 1 amide bonds. The first-order valence-electron chi connectivity index (χ1n) is 12.1. The summed E-state index contributed by atoms with van der Waals surface area (Å²) in [5, 5.41) is 2.66. The number of halogens is 3. The van der Waals surface area contributed by atoms with Crippen LogP contribution in [0.5, 0.6) is 0 Å². The molecule has 1 aliphatic rings. The number of carbonyl (C=O) groups is 1. The average molecular weight is 517 g/mol. The molecule has 0 saturated heterocycles. The van der Waals surface area contributed by atoms with Crippen molar-refractivity contribution in [3.8, 4) is 5.69 Å². The lowest BCUT2D eigenvalue weighted by Crippen LogP contribution is -2.20. The van der Waals surface area contributed by atoms with Crippen molar-refractivity contribution in [3.05, 3.63) is 101 Å². The molecule has 0 bridgehead atoms. The molecule has 2 aromatic heterocycles. The Hall–Kier alpha value is -4.60. The maximum Gasteiger partial charge on any atom is 0.416 e. The number of rotatable bonds is 5. The number of nitrogens with one attached hydrogen (secondary N) is 2. The minimum Gasteiger partial charge on any atom is -0.367 e. The van der Waals surface area contributed by atoms with E-state index in [1.165, 1.54) is 17.0 Å². The zero-order chi connectivity index (χ0) is 26.4. The van der Waals surface area contributed by atoms with Gasteiger partial charge in [0.05, 0.1) is 34.9 Å². The Kier molecular flexibility index (Phi) is 5.67. The fourth-order valence-electron chi connectivity index (χ4n) is 4.81. The Bertz CT molecular complexity index is 1670. The lowest BCUT2D eigenvalue weighted by molar-refractivity contribution is -0.137. The van der Waals surface area contributed by atoms with E-state index in [1.54, 1.807) is 31.6 Å². The molecule has 3 heterocycles. The van der Waals surface area contributed by atoms with Crippen molar-refractivity contribution in [2.75, 3.05) is 16.8 Å². The van der Waals surface area contributed by atoms with Crippen LogP contribution in [-0.4, -0.2) is 32.0 Å². The number of benzene rings is 3. The van der Waals surface area contributed by atoms with E-state index < -0.39 is 17.6 Å². The standard InChI is InChI=1S/C28H23F3N6O/c1-17-13-37(16-34-17)23-11-21(28(29,30)31)10-22(12-23)35-27(38)20-4-3-19-6-7-36(26(19)9-20)14-18-2-5-24-25(8-18)33-15-32-24/h2-5,8-13,15-16H,6-7,14H2,1H3,(H,32,33)(H,35,38). The number of alkyl halides is 3. The molecule has 192 valence electrons. The van der Waals surface area contributed by atoms with Crippen molar-refractivity contribution in [2.24, 2.45) is 0 Å². The van der Waals surface area contributed by atoms with E-state index >= 15 is 0 Å². The van der Waals surface area contributed by atoms with E-state index in [2.05, 4.69) is 25.2 Å². The molecule has 10 heteroatoms. The van der Waals surface area contributed by atoms with Gasteiger partial charge in [-0.3, -0.25) is 4.79 Å². The first kappa shape index (κ1) is 23.8. The fourth-order valence-corrected chi connectivity index (χ4v) is 4.81. The second-order valence-corrected chi connectivity index (χ2v) is 9.41. The van der Waals surface area contributed by atoms with Gasteiger partial charge >= 0.3 is 6.18 Å². The predicted molar refractivity (Wildman–Crippen MR) is 139 cm³/mol. The number of aromatic nitrogens is 4. The van der Waals surface area contributed by atoms with Gasteiger partial charge in [-0.2, -0.15) is 13.2 Å². The van der Waals surface area contributed by atoms with Crippen LogP contribution in [0.1, 0.15) is 32.7 Å². The van der Waals surface area contributed by atoms with Gasteiger partial charge in [-0.15, -0.1) is 0 Å². The third-order valence-electron chi connectivity index (χ3n) is 6.71. The Morgan fingerprint density at radius 3 is 2.74 bits per heavy atom. The molecule has 0 saturated carbocycles. The van der Waals surface area contributed by atoms with Crippen LogP contribution in [0.15, 0.2) is 73.4 Å². The Morgan fingerprint density at radius 2 is 1.95 bits per heavy atom. The highest BCUT2D eigenvalue weighted by Gasteiger charge is 2.32. The maximum atomic E-state index is 13.6. The molecule has 0 atom stereocenters. The molecule has 0 radical (unpaired) electrons. The van der Waals surface area contributed by atoms with Gasteiger partial charge in [-0.05, 0) is 66.9 Å². The quantitative estimate of drug-likeness (QED) is 0.305. The highest BCUT2D eigenvalue weighted by atomic mass is 19.4. The van der Waals surface area contributed by atoms with E-state index in [0.717, 1.165) is 52.9 Å². The van der Waals surface area contributed by atoms with E-state index in [9.17, 15) is 18.0 Å². The number of hydrogen-bond donors (Lipinski definition) is 2. The summed E-state index contributed by atoms with van der Waals surface area (Å²) in [5.41, 5.74) is 5.51. The van der Waals surface area contributed by atoms with Gasteiger partial charge in [0.1, 0.15) is 0 Å². The van der Waals surface area contributed by atoms with Gasteiger partial charge in [0, 0.05) is 41.9 Å². The molecule has 7 nitrogen and oxygen atoms in total. The van der Waals surface area contributed by atoms with Crippen molar-refractivity contribution < 1.29 is 18.0 Å². The van der Waals surface area contributed by atoms with Crippen LogP contribution in [0.2, 0.25) is 0 Å². The van der Waals surface area contributed by atoms with E-state index in [1.807, 2.05) is 24.3 Å². The summed E-state index contributed by atoms with van der Waals surface area (Å²) in [5.74, 6) is -0.482. The number of nitrogens with zero attached hydrogens (tertiary/aromatic N) is 4. The van der Waals surface area contributed by atoms with E-state index in [0.29, 0.717) is 17.8 Å². The second-order valence-electron chi connectivity index (χ2n) is 9.41. The summed E-state index contributed by atoms with van der Waals surface area (Å²) >= 11 is 0. The summed E-state index contributed by atoms with van der Waals surface area (Å²) in [6.07, 6.45) is 1.00. The number of anilines is 2. The zero-order valence-corrected chi connectivity index (χ0v) is 20.4. The lowest BCUT2D eigenvalue weighted by Gasteiger charge is -2.20. The van der Waals surface area contributed by atoms with Crippen molar-refractivity contribution in [3.63, 3.8) is 0 Å². The molecular formula is C28H23F3N6O. The normalized spacial score (nSPS) is 13.2. The number of hydrogen-bond acceptors (Lipinski definition) is 4. The molecular weight excluding hydrogens is 493 g/mol. The number of aromatic amines is 1. The molecule has 5 aromatic rings.